The van der Waals surface area contributed by atoms with Crippen LogP contribution in [0, 0.1) is 22.2 Å². The van der Waals surface area contributed by atoms with Crippen LogP contribution in [0.15, 0.2) is 0 Å². The van der Waals surface area contributed by atoms with Crippen LogP contribution in [0.4, 0.5) is 8.78 Å². The maximum absolute atomic E-state index is 12.3. The van der Waals surface area contributed by atoms with Crippen molar-refractivity contribution in [3.8, 4) is 0 Å². The Bertz CT molecular complexity index is 427. The van der Waals surface area contributed by atoms with Gasteiger partial charge in [-0.3, -0.25) is 0 Å². The molecule has 0 aromatic rings. The quantitative estimate of drug-likeness (QED) is 0.809. The molecule has 4 unspecified atom stereocenters. The molecule has 0 heterocycles. The van der Waals surface area contributed by atoms with Gasteiger partial charge in [-0.2, -0.15) is 8.78 Å². The highest BCUT2D eigenvalue weighted by Gasteiger charge is 2.61. The second-order valence-corrected chi connectivity index (χ2v) is 7.89. The number of halogens is 2. The molecule has 4 fully saturated rings. The van der Waals surface area contributed by atoms with Crippen molar-refractivity contribution in [2.75, 3.05) is 13.2 Å². The average molecular weight is 288 g/mol. The van der Waals surface area contributed by atoms with E-state index < -0.39 is 12.4 Å². The summed E-state index contributed by atoms with van der Waals surface area (Å²) in [7, 11) is 0. The summed E-state index contributed by atoms with van der Waals surface area (Å²) in [6.45, 7) is 2.47. The molecule has 114 valence electrons. The van der Waals surface area contributed by atoms with Gasteiger partial charge in [0.25, 0.3) is 0 Å². The van der Waals surface area contributed by atoms with Crippen molar-refractivity contribution in [2.45, 2.75) is 51.9 Å². The van der Waals surface area contributed by atoms with Crippen LogP contribution < -0.4 is 0 Å². The summed E-state index contributed by atoms with van der Waals surface area (Å²) >= 11 is 0. The fraction of sp³-hybridized carbons (Fsp3) is 0.933. The van der Waals surface area contributed by atoms with Gasteiger partial charge < -0.3 is 9.84 Å². The van der Waals surface area contributed by atoms with Gasteiger partial charge in [-0.25, -0.2) is 4.79 Å². The fourth-order valence-corrected chi connectivity index (χ4v) is 5.99. The maximum atomic E-state index is 12.3. The first-order valence-electron chi connectivity index (χ1n) is 7.35. The van der Waals surface area contributed by atoms with Crippen LogP contribution in [0.25, 0.3) is 0 Å². The molecule has 1 N–H and O–H groups in total. The molecule has 0 aromatic carbocycles. The predicted octanol–water partition coefficient (Wildman–Crippen LogP) is 2.76. The Morgan fingerprint density at radius 3 is 2.50 bits per heavy atom. The number of esters is 1. The number of hydrogen-bond donors (Lipinski definition) is 1. The first-order valence-corrected chi connectivity index (χ1v) is 7.35. The molecule has 4 bridgehead atoms. The van der Waals surface area contributed by atoms with Gasteiger partial charge >= 0.3 is 12.4 Å². The molecule has 0 spiro atoms. The Morgan fingerprint density at radius 1 is 1.25 bits per heavy atom. The lowest BCUT2D eigenvalue weighted by molar-refractivity contribution is -0.194. The van der Waals surface area contributed by atoms with E-state index in [1.807, 2.05) is 0 Å². The van der Waals surface area contributed by atoms with Crippen molar-refractivity contribution >= 4 is 5.97 Å². The van der Waals surface area contributed by atoms with Crippen molar-refractivity contribution in [1.29, 1.82) is 0 Å². The van der Waals surface area contributed by atoms with Crippen molar-refractivity contribution < 1.29 is 23.4 Å². The summed E-state index contributed by atoms with van der Waals surface area (Å²) in [5.41, 5.74) is -0.105. The molecule has 0 amide bonds. The predicted molar refractivity (Wildman–Crippen MR) is 68.2 cm³/mol. The van der Waals surface area contributed by atoms with Crippen LogP contribution in [0.3, 0.4) is 0 Å². The van der Waals surface area contributed by atoms with Crippen molar-refractivity contribution in [3.05, 3.63) is 0 Å². The van der Waals surface area contributed by atoms with E-state index >= 15 is 0 Å². The molecule has 4 atom stereocenters. The summed E-state index contributed by atoms with van der Waals surface area (Å²) in [5, 5.41) is 9.80. The topological polar surface area (TPSA) is 46.5 Å². The second kappa shape index (κ2) is 4.39. The fourth-order valence-electron chi connectivity index (χ4n) is 5.99. The Balaban J connectivity index is 1.78. The lowest BCUT2D eigenvalue weighted by atomic mass is 9.40. The number of rotatable bonds is 4. The number of alkyl halides is 2. The molecule has 5 heteroatoms. The largest absolute Gasteiger partial charge is 0.461 e. The summed E-state index contributed by atoms with van der Waals surface area (Å²) in [6.07, 6.45) is 2.82. The zero-order valence-corrected chi connectivity index (χ0v) is 11.8. The second-order valence-electron chi connectivity index (χ2n) is 7.89. The molecule has 4 saturated carbocycles. The molecule has 0 aliphatic heterocycles. The van der Waals surface area contributed by atoms with Crippen LogP contribution in [0.5, 0.6) is 0 Å². The Labute approximate surface area is 117 Å². The number of carbonyl (C=O) groups excluding carboxylic acids is 1. The van der Waals surface area contributed by atoms with Gasteiger partial charge in [-0.05, 0) is 55.3 Å². The molecule has 0 radical (unpaired) electrons. The minimum absolute atomic E-state index is 0.0780. The summed E-state index contributed by atoms with van der Waals surface area (Å²) < 4.78 is 29.4. The number of ether oxygens (including phenoxy) is 1. The first kappa shape index (κ1) is 14.2. The maximum Gasteiger partial charge on any atom is 0.373 e. The standard InChI is InChI=1S/C15H22F2O3/c1-13-2-10-3-14(5-13,8-18)7-15(4-10,6-13)9-20-12(19)11(16)17/h10-11,18H,2-9H2,1H3. The van der Waals surface area contributed by atoms with Gasteiger partial charge in [0.15, 0.2) is 0 Å². The van der Waals surface area contributed by atoms with E-state index in [9.17, 15) is 18.7 Å². The van der Waals surface area contributed by atoms with E-state index in [2.05, 4.69) is 6.92 Å². The van der Waals surface area contributed by atoms with Crippen LogP contribution in [-0.4, -0.2) is 30.7 Å². The van der Waals surface area contributed by atoms with Crippen molar-refractivity contribution in [3.63, 3.8) is 0 Å². The van der Waals surface area contributed by atoms with Crippen molar-refractivity contribution in [2.24, 2.45) is 22.2 Å². The molecular weight excluding hydrogens is 266 g/mol. The first-order chi connectivity index (χ1) is 9.29. The molecule has 4 rings (SSSR count). The minimum Gasteiger partial charge on any atom is -0.461 e. The van der Waals surface area contributed by atoms with E-state index in [1.54, 1.807) is 0 Å². The number of hydrogen-bond acceptors (Lipinski definition) is 3. The highest BCUT2D eigenvalue weighted by Crippen LogP contribution is 2.69. The van der Waals surface area contributed by atoms with Gasteiger partial charge in [-0.15, -0.1) is 0 Å². The van der Waals surface area contributed by atoms with Gasteiger partial charge in [0.1, 0.15) is 0 Å². The SMILES string of the molecule is CC12CC3CC(CO)(C1)CC(COC(=O)C(F)F)(C3)C2. The van der Waals surface area contributed by atoms with Gasteiger partial charge in [0.05, 0.1) is 6.61 Å². The van der Waals surface area contributed by atoms with E-state index in [0.717, 1.165) is 38.5 Å². The van der Waals surface area contributed by atoms with E-state index in [1.165, 1.54) is 0 Å². The van der Waals surface area contributed by atoms with Crippen LogP contribution >= 0.6 is 0 Å². The van der Waals surface area contributed by atoms with Crippen molar-refractivity contribution in [1.82, 2.24) is 0 Å². The Morgan fingerprint density at radius 2 is 1.90 bits per heavy atom. The zero-order valence-electron chi connectivity index (χ0n) is 11.8. The van der Waals surface area contributed by atoms with E-state index in [-0.39, 0.29) is 29.5 Å². The number of carbonyl (C=O) groups is 1. The van der Waals surface area contributed by atoms with Gasteiger partial charge in [0, 0.05) is 12.0 Å². The van der Waals surface area contributed by atoms with Gasteiger partial charge in [0.2, 0.25) is 0 Å². The molecule has 4 aliphatic carbocycles. The number of aliphatic hydroxyl groups is 1. The van der Waals surface area contributed by atoms with Gasteiger partial charge in [-0.1, -0.05) is 6.92 Å². The molecule has 4 aliphatic rings. The van der Waals surface area contributed by atoms with Crippen LogP contribution in [0.2, 0.25) is 0 Å². The van der Waals surface area contributed by atoms with E-state index in [0.29, 0.717) is 5.92 Å². The van der Waals surface area contributed by atoms with E-state index in [4.69, 9.17) is 4.74 Å². The molecule has 0 saturated heterocycles. The molecule has 20 heavy (non-hydrogen) atoms. The molecular formula is C15H22F2O3. The number of aliphatic hydroxyl groups excluding tert-OH is 1. The lowest BCUT2D eigenvalue weighted by Gasteiger charge is -2.65. The minimum atomic E-state index is -3.05. The monoisotopic (exact) mass is 288 g/mol. The summed E-state index contributed by atoms with van der Waals surface area (Å²) in [5.74, 6) is -0.877. The van der Waals surface area contributed by atoms with Crippen LogP contribution in [-0.2, 0) is 9.53 Å². The summed E-state index contributed by atoms with van der Waals surface area (Å²) in [6, 6.07) is 0. The highest BCUT2D eigenvalue weighted by atomic mass is 19.3. The Hall–Kier alpha value is -0.710. The Kier molecular flexibility index (Phi) is 3.13. The third-order valence-corrected chi connectivity index (χ3v) is 5.61. The third kappa shape index (κ3) is 2.24. The third-order valence-electron chi connectivity index (χ3n) is 5.61. The van der Waals surface area contributed by atoms with Crippen LogP contribution in [0.1, 0.15) is 45.4 Å². The average Bonchev–Trinajstić information content (AvgIpc) is 2.33. The highest BCUT2D eigenvalue weighted by molar-refractivity contribution is 5.72. The molecule has 0 aromatic heterocycles. The smallest absolute Gasteiger partial charge is 0.373 e. The molecule has 3 nitrogen and oxygen atoms in total. The zero-order chi connectivity index (χ0) is 14.6. The normalized spacial score (nSPS) is 46.0. The lowest BCUT2D eigenvalue weighted by Crippen LogP contribution is -2.58. The summed E-state index contributed by atoms with van der Waals surface area (Å²) in [4.78, 5) is 11.0.